The first kappa shape index (κ1) is 16.8. The van der Waals surface area contributed by atoms with Crippen LogP contribution < -0.4 is 10.9 Å². The van der Waals surface area contributed by atoms with Crippen molar-refractivity contribution in [2.75, 3.05) is 25.5 Å². The van der Waals surface area contributed by atoms with Gasteiger partial charge in [-0.1, -0.05) is 6.07 Å². The molecule has 7 nitrogen and oxygen atoms in total. The smallest absolute Gasteiger partial charge is 0.259 e. The molecule has 1 N–H and O–H groups in total. The Balaban J connectivity index is 1.56. The average molecular weight is 352 g/mol. The molecule has 1 aliphatic rings. The van der Waals surface area contributed by atoms with Gasteiger partial charge in [0.25, 0.3) is 5.56 Å². The molecule has 0 saturated carbocycles. The zero-order valence-electron chi connectivity index (χ0n) is 15.2. The first-order chi connectivity index (χ1) is 12.6. The van der Waals surface area contributed by atoms with Crippen molar-refractivity contribution < 1.29 is 0 Å². The van der Waals surface area contributed by atoms with Crippen LogP contribution in [-0.4, -0.2) is 44.2 Å². The van der Waals surface area contributed by atoms with Crippen LogP contribution in [0.4, 0.5) is 5.82 Å². The number of nitrogens with zero attached hydrogens (tertiary/aromatic N) is 5. The average Bonchev–Trinajstić information content (AvgIpc) is 3.05. The van der Waals surface area contributed by atoms with Gasteiger partial charge in [0.05, 0.1) is 11.7 Å². The number of rotatable bonds is 4. The lowest BCUT2D eigenvalue weighted by Crippen LogP contribution is -2.40. The predicted molar refractivity (Wildman–Crippen MR) is 101 cm³/mol. The van der Waals surface area contributed by atoms with Gasteiger partial charge in [-0.2, -0.15) is 5.10 Å². The highest BCUT2D eigenvalue weighted by molar-refractivity contribution is 5.46. The van der Waals surface area contributed by atoms with Crippen molar-refractivity contribution in [3.63, 3.8) is 0 Å². The Kier molecular flexibility index (Phi) is 4.46. The maximum absolute atomic E-state index is 12.3. The monoisotopic (exact) mass is 352 g/mol. The molecular formula is C19H24N6O. The second kappa shape index (κ2) is 6.92. The van der Waals surface area contributed by atoms with E-state index in [1.54, 1.807) is 16.7 Å². The lowest BCUT2D eigenvalue weighted by molar-refractivity contribution is 0.121. The van der Waals surface area contributed by atoms with Crippen molar-refractivity contribution in [3.8, 4) is 0 Å². The largest absolute Gasteiger partial charge is 0.369 e. The minimum atomic E-state index is -0.0675. The molecule has 26 heavy (non-hydrogen) atoms. The summed E-state index contributed by atoms with van der Waals surface area (Å²) < 4.78 is 3.51. The summed E-state index contributed by atoms with van der Waals surface area (Å²) in [5.41, 5.74) is 1.82. The molecule has 1 fully saturated rings. The second-order valence-electron chi connectivity index (χ2n) is 7.00. The number of pyridine rings is 1. The van der Waals surface area contributed by atoms with Crippen LogP contribution in [0, 0.1) is 5.92 Å². The molecule has 1 aliphatic heterocycles. The first-order valence-corrected chi connectivity index (χ1v) is 9.04. The Bertz CT molecular complexity index is 962. The Morgan fingerprint density at radius 2 is 2.15 bits per heavy atom. The van der Waals surface area contributed by atoms with Crippen molar-refractivity contribution in [2.45, 2.75) is 18.9 Å². The summed E-state index contributed by atoms with van der Waals surface area (Å²) in [6.07, 6.45) is 5.90. The van der Waals surface area contributed by atoms with E-state index in [2.05, 4.69) is 33.4 Å². The standard InChI is InChI=1S/C19H24N6O/c1-23-10-5-6-14(19(23)15-8-9-21-24(15)2)13-20-16-12-18(26)25-11-4-3-7-17(25)22-16/h3-4,7-9,11-12,14,19-20H,5-6,10,13H2,1-2H3/t14-,19+/m0/s1. The quantitative estimate of drug-likeness (QED) is 0.777. The summed E-state index contributed by atoms with van der Waals surface area (Å²) in [6, 6.07) is 9.54. The molecule has 7 heteroatoms. The van der Waals surface area contributed by atoms with Gasteiger partial charge in [0.1, 0.15) is 11.5 Å². The molecule has 3 aromatic heterocycles. The van der Waals surface area contributed by atoms with E-state index in [4.69, 9.17) is 0 Å². The van der Waals surface area contributed by atoms with Crippen LogP contribution in [0.2, 0.25) is 0 Å². The molecule has 0 spiro atoms. The van der Waals surface area contributed by atoms with Gasteiger partial charge in [0.2, 0.25) is 0 Å². The van der Waals surface area contributed by atoms with Crippen LogP contribution in [0.5, 0.6) is 0 Å². The molecule has 0 amide bonds. The molecule has 0 radical (unpaired) electrons. The second-order valence-corrected chi connectivity index (χ2v) is 7.00. The lowest BCUT2D eigenvalue weighted by atomic mass is 9.87. The Hall–Kier alpha value is -2.67. The number of hydrogen-bond acceptors (Lipinski definition) is 5. The van der Waals surface area contributed by atoms with E-state index in [9.17, 15) is 4.79 Å². The van der Waals surface area contributed by atoms with Crippen molar-refractivity contribution in [1.82, 2.24) is 24.1 Å². The van der Waals surface area contributed by atoms with Gasteiger partial charge in [-0.25, -0.2) is 4.98 Å². The van der Waals surface area contributed by atoms with Crippen LogP contribution in [0.25, 0.3) is 5.65 Å². The summed E-state index contributed by atoms with van der Waals surface area (Å²) in [6.45, 7) is 1.86. The number of piperidine rings is 1. The van der Waals surface area contributed by atoms with Gasteiger partial charge in [0.15, 0.2) is 0 Å². The zero-order chi connectivity index (χ0) is 18.1. The van der Waals surface area contributed by atoms with Crippen LogP contribution in [-0.2, 0) is 7.05 Å². The Morgan fingerprint density at radius 3 is 2.96 bits per heavy atom. The normalized spacial score (nSPS) is 21.2. The SMILES string of the molecule is CN1CCC[C@@H](CNc2cc(=O)n3ccccc3n2)[C@@H]1c1ccnn1C. The molecule has 2 atom stereocenters. The van der Waals surface area contributed by atoms with Crippen LogP contribution in [0.3, 0.4) is 0 Å². The fourth-order valence-corrected chi connectivity index (χ4v) is 3.99. The maximum atomic E-state index is 12.3. The van der Waals surface area contributed by atoms with E-state index in [0.717, 1.165) is 19.5 Å². The van der Waals surface area contributed by atoms with E-state index < -0.39 is 0 Å². The van der Waals surface area contributed by atoms with Gasteiger partial charge < -0.3 is 5.32 Å². The number of likely N-dealkylation sites (tertiary alicyclic amines) is 1. The van der Waals surface area contributed by atoms with E-state index in [1.807, 2.05) is 36.1 Å². The number of nitrogens with one attached hydrogen (secondary N) is 1. The third kappa shape index (κ3) is 3.10. The molecule has 0 aromatic carbocycles. The van der Waals surface area contributed by atoms with E-state index in [1.165, 1.54) is 12.1 Å². The van der Waals surface area contributed by atoms with Gasteiger partial charge in [0, 0.05) is 32.1 Å². The first-order valence-electron chi connectivity index (χ1n) is 9.04. The topological polar surface area (TPSA) is 67.5 Å². The molecule has 0 bridgehead atoms. The number of aryl methyl sites for hydroxylation is 1. The van der Waals surface area contributed by atoms with Gasteiger partial charge in [-0.05, 0) is 50.6 Å². The molecule has 136 valence electrons. The molecule has 4 heterocycles. The summed E-state index contributed by atoms with van der Waals surface area (Å²) in [5.74, 6) is 1.07. The Labute approximate surface area is 152 Å². The van der Waals surface area contributed by atoms with Crippen molar-refractivity contribution in [3.05, 3.63) is 58.8 Å². The summed E-state index contributed by atoms with van der Waals surface area (Å²) in [5, 5.41) is 7.74. The van der Waals surface area contributed by atoms with Crippen molar-refractivity contribution in [1.29, 1.82) is 0 Å². The molecular weight excluding hydrogens is 328 g/mol. The fraction of sp³-hybridized carbons (Fsp3) is 0.421. The highest BCUT2D eigenvalue weighted by atomic mass is 16.1. The molecule has 4 rings (SSSR count). The highest BCUT2D eigenvalue weighted by Crippen LogP contribution is 2.34. The molecule has 0 aliphatic carbocycles. The van der Waals surface area contributed by atoms with Crippen molar-refractivity contribution >= 4 is 11.5 Å². The van der Waals surface area contributed by atoms with E-state index in [0.29, 0.717) is 23.4 Å². The van der Waals surface area contributed by atoms with Gasteiger partial charge in [-0.3, -0.25) is 18.8 Å². The van der Waals surface area contributed by atoms with Gasteiger partial charge in [-0.15, -0.1) is 0 Å². The Morgan fingerprint density at radius 1 is 1.27 bits per heavy atom. The fourth-order valence-electron chi connectivity index (χ4n) is 3.99. The van der Waals surface area contributed by atoms with E-state index in [-0.39, 0.29) is 5.56 Å². The third-order valence-electron chi connectivity index (χ3n) is 5.29. The zero-order valence-corrected chi connectivity index (χ0v) is 15.2. The molecule has 0 unspecified atom stereocenters. The van der Waals surface area contributed by atoms with Gasteiger partial charge >= 0.3 is 0 Å². The van der Waals surface area contributed by atoms with E-state index >= 15 is 0 Å². The summed E-state index contributed by atoms with van der Waals surface area (Å²) in [7, 11) is 4.17. The maximum Gasteiger partial charge on any atom is 0.259 e. The van der Waals surface area contributed by atoms with Crippen LogP contribution in [0.15, 0.2) is 47.5 Å². The minimum Gasteiger partial charge on any atom is -0.369 e. The minimum absolute atomic E-state index is 0.0675. The van der Waals surface area contributed by atoms with Crippen LogP contribution in [0.1, 0.15) is 24.6 Å². The number of anilines is 1. The molecule has 3 aromatic rings. The molecule has 1 saturated heterocycles. The third-order valence-corrected chi connectivity index (χ3v) is 5.29. The number of fused-ring (bicyclic) bond motifs is 1. The summed E-state index contributed by atoms with van der Waals surface area (Å²) in [4.78, 5) is 19.2. The highest BCUT2D eigenvalue weighted by Gasteiger charge is 2.32. The lowest BCUT2D eigenvalue weighted by Gasteiger charge is -2.39. The number of aromatic nitrogens is 4. The van der Waals surface area contributed by atoms with Crippen LogP contribution >= 0.6 is 0 Å². The number of hydrogen-bond donors (Lipinski definition) is 1. The predicted octanol–water partition coefficient (Wildman–Crippen LogP) is 1.92. The summed E-state index contributed by atoms with van der Waals surface area (Å²) >= 11 is 0. The van der Waals surface area contributed by atoms with Crippen molar-refractivity contribution in [2.24, 2.45) is 13.0 Å².